The lowest BCUT2D eigenvalue weighted by molar-refractivity contribution is -0.134. The smallest absolute Gasteiger partial charge is 0.235 e. The van der Waals surface area contributed by atoms with Crippen molar-refractivity contribution in [2.75, 3.05) is 13.0 Å². The van der Waals surface area contributed by atoms with Crippen molar-refractivity contribution in [3.63, 3.8) is 0 Å². The van der Waals surface area contributed by atoms with E-state index in [0.717, 1.165) is 49.8 Å². The Labute approximate surface area is 158 Å². The number of nitrogens with one attached hydrogen (secondary N) is 2. The van der Waals surface area contributed by atoms with Crippen molar-refractivity contribution in [1.29, 1.82) is 0 Å². The molecule has 5 nitrogen and oxygen atoms in total. The number of para-hydroxylation sites is 1. The molecule has 6 heteroatoms. The van der Waals surface area contributed by atoms with Crippen molar-refractivity contribution in [3.8, 4) is 5.75 Å². The number of rotatable bonds is 6. The minimum absolute atomic E-state index is 0.0134. The molecule has 26 heavy (non-hydrogen) atoms. The van der Waals surface area contributed by atoms with Crippen molar-refractivity contribution >= 4 is 23.4 Å². The molecule has 1 spiro atoms. The SMILES string of the molecule is COc1ccccc1C1(C(=O)NC2CC(NC(=O)CCl)C23CCC3)CC1. The molecule has 3 aliphatic carbocycles. The Balaban J connectivity index is 1.47. The lowest BCUT2D eigenvalue weighted by atomic mass is 9.49. The van der Waals surface area contributed by atoms with E-state index in [1.54, 1.807) is 7.11 Å². The number of benzene rings is 1. The van der Waals surface area contributed by atoms with E-state index >= 15 is 0 Å². The molecule has 3 fully saturated rings. The van der Waals surface area contributed by atoms with Crippen LogP contribution in [-0.4, -0.2) is 36.9 Å². The van der Waals surface area contributed by atoms with E-state index in [-0.39, 0.29) is 35.2 Å². The molecule has 3 saturated carbocycles. The van der Waals surface area contributed by atoms with Crippen molar-refractivity contribution in [2.45, 2.75) is 56.0 Å². The number of hydrogen-bond donors (Lipinski definition) is 2. The van der Waals surface area contributed by atoms with Gasteiger partial charge in [0.05, 0.1) is 12.5 Å². The van der Waals surface area contributed by atoms with Gasteiger partial charge in [0, 0.05) is 23.1 Å². The van der Waals surface area contributed by atoms with Gasteiger partial charge in [-0.05, 0) is 38.2 Å². The van der Waals surface area contributed by atoms with Crippen molar-refractivity contribution in [1.82, 2.24) is 10.6 Å². The molecule has 0 heterocycles. The third-order valence-electron chi connectivity index (χ3n) is 6.71. The average Bonchev–Trinajstić information content (AvgIpc) is 3.40. The number of carbonyl (C=O) groups is 2. The first kappa shape index (κ1) is 17.7. The highest BCUT2D eigenvalue weighted by Crippen LogP contribution is 2.57. The molecule has 2 unspecified atom stereocenters. The van der Waals surface area contributed by atoms with Crippen molar-refractivity contribution in [2.24, 2.45) is 5.41 Å². The standard InChI is InChI=1S/C20H25ClN2O3/c1-26-14-6-3-2-5-13(14)19(9-10-19)18(25)23-16-11-15(22-17(24)12-21)20(16)7-4-8-20/h2-3,5-6,15-16H,4,7-12H2,1H3,(H,22,24)(H,23,25). The average molecular weight is 377 g/mol. The second kappa shape index (κ2) is 6.45. The van der Waals surface area contributed by atoms with E-state index in [0.29, 0.717) is 0 Å². The minimum Gasteiger partial charge on any atom is -0.496 e. The van der Waals surface area contributed by atoms with Crippen LogP contribution in [0.25, 0.3) is 0 Å². The zero-order valence-corrected chi connectivity index (χ0v) is 15.8. The monoisotopic (exact) mass is 376 g/mol. The van der Waals surface area contributed by atoms with E-state index < -0.39 is 5.41 Å². The highest BCUT2D eigenvalue weighted by atomic mass is 35.5. The van der Waals surface area contributed by atoms with Crippen LogP contribution >= 0.6 is 11.6 Å². The topological polar surface area (TPSA) is 67.4 Å². The van der Waals surface area contributed by atoms with E-state index in [9.17, 15) is 9.59 Å². The van der Waals surface area contributed by atoms with Crippen LogP contribution in [0, 0.1) is 5.41 Å². The second-order valence-corrected chi connectivity index (χ2v) is 8.15. The molecule has 0 aliphatic heterocycles. The minimum atomic E-state index is -0.456. The van der Waals surface area contributed by atoms with Crippen LogP contribution < -0.4 is 15.4 Å². The molecule has 140 valence electrons. The van der Waals surface area contributed by atoms with E-state index in [1.165, 1.54) is 0 Å². The Morgan fingerprint density at radius 2 is 1.85 bits per heavy atom. The van der Waals surface area contributed by atoms with Gasteiger partial charge in [-0.25, -0.2) is 0 Å². The van der Waals surface area contributed by atoms with Crippen LogP contribution in [0.15, 0.2) is 24.3 Å². The first-order valence-electron chi connectivity index (χ1n) is 9.35. The molecule has 1 aromatic carbocycles. The van der Waals surface area contributed by atoms with Gasteiger partial charge in [-0.15, -0.1) is 11.6 Å². The number of amides is 2. The maximum Gasteiger partial charge on any atom is 0.235 e. The van der Waals surface area contributed by atoms with Crippen molar-refractivity contribution < 1.29 is 14.3 Å². The Morgan fingerprint density at radius 3 is 2.42 bits per heavy atom. The summed E-state index contributed by atoms with van der Waals surface area (Å²) in [6.07, 6.45) is 5.74. The van der Waals surface area contributed by atoms with Crippen LogP contribution in [0.3, 0.4) is 0 Å². The summed E-state index contributed by atoms with van der Waals surface area (Å²) in [4.78, 5) is 24.8. The van der Waals surface area contributed by atoms with Gasteiger partial charge < -0.3 is 15.4 Å². The van der Waals surface area contributed by atoms with Gasteiger partial charge in [0.15, 0.2) is 0 Å². The summed E-state index contributed by atoms with van der Waals surface area (Å²) in [7, 11) is 1.65. The molecular weight excluding hydrogens is 352 g/mol. The molecule has 2 amide bonds. The largest absolute Gasteiger partial charge is 0.496 e. The lowest BCUT2D eigenvalue weighted by Crippen LogP contribution is -2.72. The first-order valence-corrected chi connectivity index (χ1v) is 9.89. The third-order valence-corrected chi connectivity index (χ3v) is 6.96. The first-order chi connectivity index (χ1) is 12.6. The zero-order valence-electron chi connectivity index (χ0n) is 15.0. The number of methoxy groups -OCH3 is 1. The van der Waals surface area contributed by atoms with Gasteiger partial charge in [0.1, 0.15) is 11.6 Å². The van der Waals surface area contributed by atoms with Crippen LogP contribution in [0.4, 0.5) is 0 Å². The summed E-state index contributed by atoms with van der Waals surface area (Å²) in [5.74, 6) is 0.737. The van der Waals surface area contributed by atoms with Gasteiger partial charge in [0.2, 0.25) is 11.8 Å². The summed E-state index contributed by atoms with van der Waals surface area (Å²) in [6.45, 7) is 0. The number of carbonyl (C=O) groups excluding carboxylic acids is 2. The van der Waals surface area contributed by atoms with Crippen LogP contribution in [0.5, 0.6) is 5.75 Å². The lowest BCUT2D eigenvalue weighted by Gasteiger charge is -2.61. The Bertz CT molecular complexity index is 728. The predicted molar refractivity (Wildman–Crippen MR) is 99.4 cm³/mol. The van der Waals surface area contributed by atoms with Gasteiger partial charge in [-0.3, -0.25) is 9.59 Å². The highest BCUT2D eigenvalue weighted by molar-refractivity contribution is 6.27. The molecule has 3 aliphatic rings. The van der Waals surface area contributed by atoms with Gasteiger partial charge in [-0.2, -0.15) is 0 Å². The van der Waals surface area contributed by atoms with Crippen LogP contribution in [0.2, 0.25) is 0 Å². The summed E-state index contributed by atoms with van der Waals surface area (Å²) in [6, 6.07) is 8.06. The quantitative estimate of drug-likeness (QED) is 0.749. The number of ether oxygens (including phenoxy) is 1. The molecule has 4 rings (SSSR count). The molecule has 1 aromatic rings. The van der Waals surface area contributed by atoms with E-state index in [2.05, 4.69) is 10.6 Å². The summed E-state index contributed by atoms with van der Waals surface area (Å²) in [5, 5.41) is 6.33. The van der Waals surface area contributed by atoms with Gasteiger partial charge in [0.25, 0.3) is 0 Å². The Hall–Kier alpha value is -1.75. The normalized spacial score (nSPS) is 27.0. The van der Waals surface area contributed by atoms with Crippen LogP contribution in [-0.2, 0) is 15.0 Å². The highest BCUT2D eigenvalue weighted by Gasteiger charge is 2.61. The number of alkyl halides is 1. The maximum absolute atomic E-state index is 13.1. The van der Waals surface area contributed by atoms with E-state index in [4.69, 9.17) is 16.3 Å². The Kier molecular flexibility index (Phi) is 4.38. The summed E-state index contributed by atoms with van der Waals surface area (Å²) in [5.41, 5.74) is 0.546. The van der Waals surface area contributed by atoms with Crippen molar-refractivity contribution in [3.05, 3.63) is 29.8 Å². The van der Waals surface area contributed by atoms with Gasteiger partial charge in [-0.1, -0.05) is 24.6 Å². The maximum atomic E-state index is 13.1. The second-order valence-electron chi connectivity index (χ2n) is 7.88. The van der Waals surface area contributed by atoms with Crippen LogP contribution in [0.1, 0.15) is 44.1 Å². The summed E-state index contributed by atoms with van der Waals surface area (Å²) < 4.78 is 5.47. The molecule has 2 atom stereocenters. The fourth-order valence-electron chi connectivity index (χ4n) is 4.79. The predicted octanol–water partition coefficient (Wildman–Crippen LogP) is 2.51. The number of halogens is 1. The molecule has 2 N–H and O–H groups in total. The van der Waals surface area contributed by atoms with E-state index in [1.807, 2.05) is 24.3 Å². The molecule has 0 radical (unpaired) electrons. The zero-order chi connectivity index (χ0) is 18.4. The molecule has 0 aromatic heterocycles. The molecular formula is C20H25ClN2O3. The number of hydrogen-bond acceptors (Lipinski definition) is 3. The fraction of sp³-hybridized carbons (Fsp3) is 0.600. The Morgan fingerprint density at radius 1 is 1.15 bits per heavy atom. The molecule has 0 saturated heterocycles. The summed E-state index contributed by atoms with van der Waals surface area (Å²) >= 11 is 5.62. The fourth-order valence-corrected chi connectivity index (χ4v) is 4.86. The molecule has 0 bridgehead atoms. The van der Waals surface area contributed by atoms with Gasteiger partial charge >= 0.3 is 0 Å². The third kappa shape index (κ3) is 2.59.